The lowest BCUT2D eigenvalue weighted by molar-refractivity contribution is -0.117. The van der Waals surface area contributed by atoms with E-state index in [1.165, 1.54) is 11.1 Å². The summed E-state index contributed by atoms with van der Waals surface area (Å²) in [5.74, 6) is 0.244. The second-order valence-electron chi connectivity index (χ2n) is 5.42. The highest BCUT2D eigenvalue weighted by Crippen LogP contribution is 2.15. The minimum Gasteiger partial charge on any atom is -0.299 e. The van der Waals surface area contributed by atoms with E-state index < -0.39 is 0 Å². The van der Waals surface area contributed by atoms with Gasteiger partial charge in [-0.2, -0.15) is 0 Å². The molecule has 2 rings (SSSR count). The topological polar surface area (TPSA) is 17.1 Å². The van der Waals surface area contributed by atoms with E-state index in [1.54, 1.807) is 0 Å². The maximum absolute atomic E-state index is 12.4. The number of hydrogen-bond acceptors (Lipinski definition) is 1. The molecule has 0 unspecified atom stereocenters. The van der Waals surface area contributed by atoms with Crippen molar-refractivity contribution in [3.63, 3.8) is 0 Å². The maximum Gasteiger partial charge on any atom is 0.141 e. The number of allylic oxidation sites excluding steroid dienone is 2. The van der Waals surface area contributed by atoms with Crippen molar-refractivity contribution in [3.8, 4) is 0 Å². The van der Waals surface area contributed by atoms with E-state index in [4.69, 9.17) is 0 Å². The van der Waals surface area contributed by atoms with Crippen molar-refractivity contribution in [2.24, 2.45) is 0 Å². The first-order valence-electron chi connectivity index (χ1n) is 7.61. The molecular weight excluding hydrogens is 268 g/mol. The van der Waals surface area contributed by atoms with Crippen molar-refractivity contribution in [3.05, 3.63) is 96.1 Å². The number of ketones is 1. The van der Waals surface area contributed by atoms with Gasteiger partial charge in [-0.15, -0.1) is 13.2 Å². The molecule has 0 fully saturated rings. The third-order valence-corrected chi connectivity index (χ3v) is 3.74. The zero-order chi connectivity index (χ0) is 15.8. The summed E-state index contributed by atoms with van der Waals surface area (Å²) in [6, 6.07) is 16.2. The van der Waals surface area contributed by atoms with Crippen molar-refractivity contribution in [1.29, 1.82) is 0 Å². The molecule has 0 aromatic heterocycles. The van der Waals surface area contributed by atoms with Crippen LogP contribution in [0.5, 0.6) is 0 Å². The third-order valence-electron chi connectivity index (χ3n) is 3.74. The normalized spacial score (nSPS) is 10.2. The van der Waals surface area contributed by atoms with Gasteiger partial charge in [0.2, 0.25) is 0 Å². The summed E-state index contributed by atoms with van der Waals surface area (Å²) < 4.78 is 0. The summed E-state index contributed by atoms with van der Waals surface area (Å²) >= 11 is 0. The van der Waals surface area contributed by atoms with Crippen molar-refractivity contribution in [2.45, 2.75) is 25.7 Å². The first-order chi connectivity index (χ1) is 10.7. The van der Waals surface area contributed by atoms with Crippen molar-refractivity contribution in [2.75, 3.05) is 0 Å². The van der Waals surface area contributed by atoms with Gasteiger partial charge in [0, 0.05) is 12.8 Å². The molecule has 112 valence electrons. The zero-order valence-corrected chi connectivity index (χ0v) is 12.9. The van der Waals surface area contributed by atoms with Gasteiger partial charge in [0.25, 0.3) is 0 Å². The summed E-state index contributed by atoms with van der Waals surface area (Å²) in [5, 5.41) is 0. The van der Waals surface area contributed by atoms with Crippen LogP contribution in [0.4, 0.5) is 0 Å². The van der Waals surface area contributed by atoms with Gasteiger partial charge in [0.05, 0.1) is 0 Å². The molecule has 0 saturated carbocycles. The van der Waals surface area contributed by atoms with Crippen LogP contribution in [0.1, 0.15) is 22.3 Å². The second-order valence-corrected chi connectivity index (χ2v) is 5.42. The lowest BCUT2D eigenvalue weighted by Crippen LogP contribution is -2.09. The van der Waals surface area contributed by atoms with Crippen LogP contribution in [-0.2, 0) is 30.5 Å². The highest BCUT2D eigenvalue weighted by molar-refractivity contribution is 5.83. The van der Waals surface area contributed by atoms with E-state index in [-0.39, 0.29) is 5.78 Å². The number of carbonyl (C=O) groups excluding carboxylic acids is 1. The number of benzene rings is 2. The van der Waals surface area contributed by atoms with Crippen LogP contribution in [0.15, 0.2) is 73.8 Å². The first-order valence-corrected chi connectivity index (χ1v) is 7.61. The Kier molecular flexibility index (Phi) is 5.91. The number of rotatable bonds is 8. The van der Waals surface area contributed by atoms with Gasteiger partial charge in [-0.3, -0.25) is 4.79 Å². The Morgan fingerprint density at radius 2 is 1.09 bits per heavy atom. The summed E-state index contributed by atoms with van der Waals surface area (Å²) in [5.41, 5.74) is 4.58. The largest absolute Gasteiger partial charge is 0.299 e. The Hall–Kier alpha value is -2.41. The fraction of sp³-hybridized carbons (Fsp3) is 0.190. The number of Topliss-reactive ketones (excluding diaryl/α,β-unsaturated/α-hetero) is 1. The van der Waals surface area contributed by atoms with Gasteiger partial charge in [-0.1, -0.05) is 60.7 Å². The van der Waals surface area contributed by atoms with Gasteiger partial charge >= 0.3 is 0 Å². The maximum atomic E-state index is 12.4. The summed E-state index contributed by atoms with van der Waals surface area (Å²) in [6.45, 7) is 7.56. The van der Waals surface area contributed by atoms with Crippen LogP contribution >= 0.6 is 0 Å². The predicted molar refractivity (Wildman–Crippen MR) is 93.1 cm³/mol. The Balaban J connectivity index is 2.11. The number of carbonyl (C=O) groups is 1. The Bertz CT molecular complexity index is 610. The van der Waals surface area contributed by atoms with Gasteiger partial charge in [0.1, 0.15) is 5.78 Å². The van der Waals surface area contributed by atoms with E-state index in [1.807, 2.05) is 48.6 Å². The summed E-state index contributed by atoms with van der Waals surface area (Å²) in [4.78, 5) is 12.4. The highest BCUT2D eigenvalue weighted by Gasteiger charge is 2.10. The van der Waals surface area contributed by atoms with E-state index in [0.29, 0.717) is 12.8 Å². The van der Waals surface area contributed by atoms with Gasteiger partial charge in [0.15, 0.2) is 0 Å². The smallest absolute Gasteiger partial charge is 0.141 e. The first kappa shape index (κ1) is 16.0. The average Bonchev–Trinajstić information content (AvgIpc) is 2.52. The molecule has 0 aliphatic carbocycles. The minimum atomic E-state index is 0.244. The van der Waals surface area contributed by atoms with Gasteiger partial charge in [-0.25, -0.2) is 0 Å². The molecule has 1 nitrogen and oxygen atoms in total. The van der Waals surface area contributed by atoms with Crippen LogP contribution < -0.4 is 0 Å². The quantitative estimate of drug-likeness (QED) is 0.654. The molecule has 0 atom stereocenters. The van der Waals surface area contributed by atoms with Crippen LogP contribution in [0.3, 0.4) is 0 Å². The van der Waals surface area contributed by atoms with Gasteiger partial charge in [-0.05, 0) is 35.1 Å². The lowest BCUT2D eigenvalue weighted by atomic mass is 9.95. The van der Waals surface area contributed by atoms with Crippen LogP contribution in [0, 0.1) is 0 Å². The Morgan fingerprint density at radius 1 is 0.727 bits per heavy atom. The average molecular weight is 290 g/mol. The van der Waals surface area contributed by atoms with Crippen LogP contribution in [-0.4, -0.2) is 5.78 Å². The molecule has 2 aromatic carbocycles. The molecule has 0 amide bonds. The summed E-state index contributed by atoms with van der Waals surface area (Å²) in [7, 11) is 0. The molecular formula is C21H22O. The molecule has 0 aliphatic heterocycles. The molecule has 1 heteroatoms. The fourth-order valence-electron chi connectivity index (χ4n) is 2.66. The molecule has 0 spiro atoms. The van der Waals surface area contributed by atoms with Crippen LogP contribution in [0.25, 0.3) is 0 Å². The van der Waals surface area contributed by atoms with Crippen LogP contribution in [0.2, 0.25) is 0 Å². The molecule has 0 heterocycles. The molecule has 0 N–H and O–H groups in total. The van der Waals surface area contributed by atoms with Crippen molar-refractivity contribution in [1.82, 2.24) is 0 Å². The fourth-order valence-corrected chi connectivity index (χ4v) is 2.66. The Morgan fingerprint density at radius 3 is 1.45 bits per heavy atom. The third kappa shape index (κ3) is 4.29. The SMILES string of the molecule is C=CCc1ccccc1CC(=O)Cc1ccccc1CC=C. The minimum absolute atomic E-state index is 0.244. The van der Waals surface area contributed by atoms with E-state index in [9.17, 15) is 4.79 Å². The van der Waals surface area contributed by atoms with E-state index in [0.717, 1.165) is 24.0 Å². The van der Waals surface area contributed by atoms with Crippen molar-refractivity contribution < 1.29 is 4.79 Å². The summed E-state index contributed by atoms with van der Waals surface area (Å²) in [6.07, 6.45) is 6.32. The number of hydrogen-bond donors (Lipinski definition) is 0. The molecule has 0 bridgehead atoms. The standard InChI is InChI=1S/C21H22O/c1-3-9-17-11-5-7-13-19(17)15-21(22)16-20-14-8-6-12-18(20)10-4-2/h3-8,11-14H,1-2,9-10,15-16H2. The second kappa shape index (κ2) is 8.14. The molecule has 2 aromatic rings. The Labute approximate surface area is 133 Å². The van der Waals surface area contributed by atoms with Crippen molar-refractivity contribution >= 4 is 5.78 Å². The predicted octanol–water partition coefficient (Wildman–Crippen LogP) is 4.50. The highest BCUT2D eigenvalue weighted by atomic mass is 16.1. The molecule has 0 aliphatic rings. The molecule has 0 saturated heterocycles. The van der Waals surface area contributed by atoms with E-state index >= 15 is 0 Å². The molecule has 0 radical (unpaired) electrons. The van der Waals surface area contributed by atoms with Gasteiger partial charge < -0.3 is 0 Å². The zero-order valence-electron chi connectivity index (χ0n) is 12.9. The lowest BCUT2D eigenvalue weighted by Gasteiger charge is -2.09. The monoisotopic (exact) mass is 290 g/mol. The van der Waals surface area contributed by atoms with E-state index in [2.05, 4.69) is 25.3 Å². The molecule has 22 heavy (non-hydrogen) atoms.